The van der Waals surface area contributed by atoms with E-state index >= 15 is 0 Å². The molecule has 0 bridgehead atoms. The van der Waals surface area contributed by atoms with Gasteiger partial charge in [0.05, 0.1) is 6.61 Å². The molecule has 1 aromatic carbocycles. The van der Waals surface area contributed by atoms with Gasteiger partial charge in [0.1, 0.15) is 5.75 Å². The standard InChI is InChI=1S/C14H19NO/c1-14(2)9-15-8-12(14)10-3-4-13-11(7-10)5-6-16-13/h3-4,7,12,15H,5-6,8-9H2,1-2H3/t12-/m1/s1. The van der Waals surface area contributed by atoms with Gasteiger partial charge in [-0.15, -0.1) is 0 Å². The zero-order valence-electron chi connectivity index (χ0n) is 10.0. The molecule has 2 heteroatoms. The molecule has 0 amide bonds. The maximum Gasteiger partial charge on any atom is 0.122 e. The molecule has 0 radical (unpaired) electrons. The topological polar surface area (TPSA) is 21.3 Å². The summed E-state index contributed by atoms with van der Waals surface area (Å²) in [6, 6.07) is 6.73. The second-order valence-corrected chi connectivity index (χ2v) is 5.64. The first-order chi connectivity index (χ1) is 7.67. The highest BCUT2D eigenvalue weighted by Crippen LogP contribution is 2.40. The average molecular weight is 217 g/mol. The van der Waals surface area contributed by atoms with E-state index in [0.29, 0.717) is 11.3 Å². The molecule has 1 atom stereocenters. The number of rotatable bonds is 1. The second kappa shape index (κ2) is 3.49. The van der Waals surface area contributed by atoms with Crippen molar-refractivity contribution in [3.05, 3.63) is 29.3 Å². The Kier molecular flexibility index (Phi) is 2.21. The molecule has 0 spiro atoms. The van der Waals surface area contributed by atoms with Gasteiger partial charge in [0, 0.05) is 25.4 Å². The Labute approximate surface area is 97.0 Å². The predicted octanol–water partition coefficient (Wildman–Crippen LogP) is 2.33. The van der Waals surface area contributed by atoms with Crippen molar-refractivity contribution < 1.29 is 4.74 Å². The van der Waals surface area contributed by atoms with Gasteiger partial charge in [0.25, 0.3) is 0 Å². The minimum Gasteiger partial charge on any atom is -0.493 e. The summed E-state index contributed by atoms with van der Waals surface area (Å²) < 4.78 is 5.55. The second-order valence-electron chi connectivity index (χ2n) is 5.64. The van der Waals surface area contributed by atoms with Crippen LogP contribution in [0.25, 0.3) is 0 Å². The van der Waals surface area contributed by atoms with Gasteiger partial charge >= 0.3 is 0 Å². The van der Waals surface area contributed by atoms with Crippen LogP contribution in [0.2, 0.25) is 0 Å². The molecule has 2 aliphatic rings. The van der Waals surface area contributed by atoms with Crippen molar-refractivity contribution in [3.8, 4) is 5.75 Å². The SMILES string of the molecule is CC1(C)CNC[C@@H]1c1ccc2c(c1)CCO2. The van der Waals surface area contributed by atoms with Crippen molar-refractivity contribution in [2.24, 2.45) is 5.41 Å². The van der Waals surface area contributed by atoms with Gasteiger partial charge in [-0.25, -0.2) is 0 Å². The highest BCUT2D eigenvalue weighted by atomic mass is 16.5. The molecule has 2 aliphatic heterocycles. The summed E-state index contributed by atoms with van der Waals surface area (Å²) >= 11 is 0. The molecule has 1 N–H and O–H groups in total. The van der Waals surface area contributed by atoms with E-state index in [1.54, 1.807) is 0 Å². The van der Waals surface area contributed by atoms with Crippen LogP contribution >= 0.6 is 0 Å². The molecule has 2 nitrogen and oxygen atoms in total. The summed E-state index contributed by atoms with van der Waals surface area (Å²) in [5, 5.41) is 3.50. The highest BCUT2D eigenvalue weighted by Gasteiger charge is 2.35. The lowest BCUT2D eigenvalue weighted by Gasteiger charge is -2.26. The van der Waals surface area contributed by atoms with Crippen molar-refractivity contribution in [3.63, 3.8) is 0 Å². The number of hydrogen-bond acceptors (Lipinski definition) is 2. The number of benzene rings is 1. The maximum atomic E-state index is 5.55. The molecule has 3 rings (SSSR count). The molecule has 1 fully saturated rings. The fourth-order valence-electron chi connectivity index (χ4n) is 2.93. The van der Waals surface area contributed by atoms with E-state index in [0.717, 1.165) is 31.9 Å². The number of fused-ring (bicyclic) bond motifs is 1. The van der Waals surface area contributed by atoms with Gasteiger partial charge in [0.15, 0.2) is 0 Å². The third-order valence-corrected chi connectivity index (χ3v) is 3.99. The smallest absolute Gasteiger partial charge is 0.122 e. The van der Waals surface area contributed by atoms with Gasteiger partial charge < -0.3 is 10.1 Å². The minimum absolute atomic E-state index is 0.369. The fraction of sp³-hybridized carbons (Fsp3) is 0.571. The molecular weight excluding hydrogens is 198 g/mol. The molecule has 0 unspecified atom stereocenters. The molecule has 0 saturated carbocycles. The van der Waals surface area contributed by atoms with E-state index in [-0.39, 0.29) is 0 Å². The van der Waals surface area contributed by atoms with E-state index in [2.05, 4.69) is 37.4 Å². The molecule has 1 saturated heterocycles. The van der Waals surface area contributed by atoms with Gasteiger partial charge in [-0.05, 0) is 22.6 Å². The van der Waals surface area contributed by atoms with E-state index in [1.165, 1.54) is 11.1 Å². The number of nitrogens with one attached hydrogen (secondary N) is 1. The van der Waals surface area contributed by atoms with E-state index < -0.39 is 0 Å². The van der Waals surface area contributed by atoms with Crippen molar-refractivity contribution in [1.29, 1.82) is 0 Å². The monoisotopic (exact) mass is 217 g/mol. The lowest BCUT2D eigenvalue weighted by atomic mass is 9.77. The Morgan fingerprint density at radius 2 is 2.25 bits per heavy atom. The molecule has 16 heavy (non-hydrogen) atoms. The summed E-state index contributed by atoms with van der Waals surface area (Å²) in [7, 11) is 0. The molecule has 1 aromatic rings. The third kappa shape index (κ3) is 1.52. The van der Waals surface area contributed by atoms with Crippen LogP contribution in [0.1, 0.15) is 30.9 Å². The van der Waals surface area contributed by atoms with Crippen molar-refractivity contribution in [2.75, 3.05) is 19.7 Å². The Bertz CT molecular complexity index is 411. The third-order valence-electron chi connectivity index (χ3n) is 3.99. The van der Waals surface area contributed by atoms with Crippen LogP contribution in [0.5, 0.6) is 5.75 Å². The Hall–Kier alpha value is -1.02. The van der Waals surface area contributed by atoms with Crippen LogP contribution in [0.3, 0.4) is 0 Å². The Morgan fingerprint density at radius 1 is 1.38 bits per heavy atom. The summed E-state index contributed by atoms with van der Waals surface area (Å²) in [5.41, 5.74) is 3.23. The minimum atomic E-state index is 0.369. The summed E-state index contributed by atoms with van der Waals surface area (Å²) in [6.45, 7) is 7.77. The molecule has 2 heterocycles. The van der Waals surface area contributed by atoms with Crippen LogP contribution in [-0.2, 0) is 6.42 Å². The van der Waals surface area contributed by atoms with Crippen LogP contribution in [0, 0.1) is 5.41 Å². The Balaban J connectivity index is 1.95. The normalized spacial score (nSPS) is 26.5. The summed E-state index contributed by atoms with van der Waals surface area (Å²) in [4.78, 5) is 0. The van der Waals surface area contributed by atoms with Gasteiger partial charge in [-0.3, -0.25) is 0 Å². The summed E-state index contributed by atoms with van der Waals surface area (Å²) in [5.74, 6) is 1.73. The van der Waals surface area contributed by atoms with Crippen molar-refractivity contribution in [2.45, 2.75) is 26.2 Å². The van der Waals surface area contributed by atoms with Crippen LogP contribution in [-0.4, -0.2) is 19.7 Å². The Morgan fingerprint density at radius 3 is 3.00 bits per heavy atom. The molecular formula is C14H19NO. The predicted molar refractivity (Wildman–Crippen MR) is 65.0 cm³/mol. The largest absolute Gasteiger partial charge is 0.493 e. The lowest BCUT2D eigenvalue weighted by Crippen LogP contribution is -2.20. The van der Waals surface area contributed by atoms with Gasteiger partial charge in [-0.1, -0.05) is 26.0 Å². The first-order valence-electron chi connectivity index (χ1n) is 6.13. The zero-order chi connectivity index (χ0) is 11.2. The quantitative estimate of drug-likeness (QED) is 0.779. The average Bonchev–Trinajstić information content (AvgIpc) is 2.82. The molecule has 0 aromatic heterocycles. The number of ether oxygens (including phenoxy) is 1. The number of hydrogen-bond donors (Lipinski definition) is 1. The highest BCUT2D eigenvalue weighted by molar-refractivity contribution is 5.41. The molecule has 86 valence electrons. The molecule has 0 aliphatic carbocycles. The van der Waals surface area contributed by atoms with Gasteiger partial charge in [0.2, 0.25) is 0 Å². The van der Waals surface area contributed by atoms with Crippen molar-refractivity contribution >= 4 is 0 Å². The first-order valence-corrected chi connectivity index (χ1v) is 6.13. The van der Waals surface area contributed by atoms with Crippen LogP contribution in [0.4, 0.5) is 0 Å². The maximum absolute atomic E-state index is 5.55. The van der Waals surface area contributed by atoms with Crippen LogP contribution < -0.4 is 10.1 Å². The van der Waals surface area contributed by atoms with Gasteiger partial charge in [-0.2, -0.15) is 0 Å². The zero-order valence-corrected chi connectivity index (χ0v) is 10.0. The fourth-order valence-corrected chi connectivity index (χ4v) is 2.93. The van der Waals surface area contributed by atoms with Crippen LogP contribution in [0.15, 0.2) is 18.2 Å². The van der Waals surface area contributed by atoms with Crippen molar-refractivity contribution in [1.82, 2.24) is 5.32 Å². The van der Waals surface area contributed by atoms with E-state index in [9.17, 15) is 0 Å². The summed E-state index contributed by atoms with van der Waals surface area (Å²) in [6.07, 6.45) is 1.07. The van der Waals surface area contributed by atoms with E-state index in [4.69, 9.17) is 4.74 Å². The first kappa shape index (κ1) is 10.2. The van der Waals surface area contributed by atoms with E-state index in [1.807, 2.05) is 0 Å². The lowest BCUT2D eigenvalue weighted by molar-refractivity contribution is 0.355.